The van der Waals surface area contributed by atoms with Gasteiger partial charge < -0.3 is 0 Å². The van der Waals surface area contributed by atoms with E-state index < -0.39 is 10.0 Å². The van der Waals surface area contributed by atoms with E-state index in [2.05, 4.69) is 11.9 Å². The smallest absolute Gasteiger partial charge is 0.243 e. The third kappa shape index (κ3) is 2.78. The molecular formula is C11H15ClN2O2S. The van der Waals surface area contributed by atoms with Crippen LogP contribution in [0.5, 0.6) is 0 Å². The Bertz CT molecular complexity index is 504. The first-order chi connectivity index (χ1) is 8.00. The molecule has 1 aromatic rings. The molecule has 0 aromatic carbocycles. The molecule has 0 amide bonds. The predicted molar refractivity (Wildman–Crippen MR) is 66.4 cm³/mol. The van der Waals surface area contributed by atoms with Crippen LogP contribution in [-0.2, 0) is 10.0 Å². The van der Waals surface area contributed by atoms with Crippen LogP contribution in [0.1, 0.15) is 19.8 Å². The van der Waals surface area contributed by atoms with Gasteiger partial charge in [-0.1, -0.05) is 18.5 Å². The Hall–Kier alpha value is -0.650. The first-order valence-corrected chi connectivity index (χ1v) is 7.43. The van der Waals surface area contributed by atoms with Crippen molar-refractivity contribution < 1.29 is 8.42 Å². The van der Waals surface area contributed by atoms with Crippen LogP contribution < -0.4 is 0 Å². The monoisotopic (exact) mass is 274 g/mol. The highest BCUT2D eigenvalue weighted by molar-refractivity contribution is 7.89. The fourth-order valence-corrected chi connectivity index (χ4v) is 3.91. The number of hydrogen-bond donors (Lipinski definition) is 0. The molecule has 1 aromatic heterocycles. The second kappa shape index (κ2) is 4.92. The summed E-state index contributed by atoms with van der Waals surface area (Å²) in [7, 11) is -3.41. The molecule has 1 aliphatic heterocycles. The minimum atomic E-state index is -3.41. The Morgan fingerprint density at radius 3 is 2.94 bits per heavy atom. The molecular weight excluding hydrogens is 260 g/mol. The van der Waals surface area contributed by atoms with Crippen LogP contribution in [0.3, 0.4) is 0 Å². The molecule has 0 N–H and O–H groups in total. The Labute approximate surface area is 107 Å². The average molecular weight is 275 g/mol. The van der Waals surface area contributed by atoms with Crippen molar-refractivity contribution in [1.29, 1.82) is 0 Å². The van der Waals surface area contributed by atoms with Gasteiger partial charge in [0, 0.05) is 19.3 Å². The summed E-state index contributed by atoms with van der Waals surface area (Å²) in [6.45, 7) is 3.25. The van der Waals surface area contributed by atoms with Gasteiger partial charge in [-0.15, -0.1) is 0 Å². The second-order valence-electron chi connectivity index (χ2n) is 4.42. The number of hydrogen-bond acceptors (Lipinski definition) is 3. The topological polar surface area (TPSA) is 50.3 Å². The molecule has 1 fully saturated rings. The van der Waals surface area contributed by atoms with Gasteiger partial charge in [0.25, 0.3) is 0 Å². The number of pyridine rings is 1. The zero-order valence-corrected chi connectivity index (χ0v) is 11.2. The minimum absolute atomic E-state index is 0.205. The summed E-state index contributed by atoms with van der Waals surface area (Å²) in [6, 6.07) is 2.89. The molecule has 1 saturated heterocycles. The lowest BCUT2D eigenvalue weighted by atomic mass is 10.0. The van der Waals surface area contributed by atoms with Crippen LogP contribution in [0, 0.1) is 5.92 Å². The van der Waals surface area contributed by atoms with Crippen molar-refractivity contribution in [3.05, 3.63) is 23.5 Å². The number of nitrogens with zero attached hydrogens (tertiary/aromatic N) is 2. The Kier molecular flexibility index (Phi) is 3.70. The van der Waals surface area contributed by atoms with Crippen molar-refractivity contribution in [2.75, 3.05) is 13.1 Å². The van der Waals surface area contributed by atoms with Gasteiger partial charge >= 0.3 is 0 Å². The van der Waals surface area contributed by atoms with E-state index in [1.165, 1.54) is 22.6 Å². The van der Waals surface area contributed by atoms with E-state index in [-0.39, 0.29) is 10.0 Å². The van der Waals surface area contributed by atoms with Crippen LogP contribution in [0.25, 0.3) is 0 Å². The van der Waals surface area contributed by atoms with E-state index >= 15 is 0 Å². The molecule has 0 bridgehead atoms. The molecule has 1 aliphatic rings. The molecule has 6 heteroatoms. The molecule has 0 aliphatic carbocycles. The maximum absolute atomic E-state index is 12.3. The van der Waals surface area contributed by atoms with E-state index in [0.29, 0.717) is 19.0 Å². The first kappa shape index (κ1) is 12.8. The standard InChI is InChI=1S/C11H15ClN2O2S/c1-9-3-2-6-14(8-9)17(15,16)10-4-5-13-11(12)7-10/h4-5,7,9H,2-3,6,8H2,1H3. The largest absolute Gasteiger partial charge is 0.244 e. The van der Waals surface area contributed by atoms with Gasteiger partial charge in [0.05, 0.1) is 4.90 Å². The van der Waals surface area contributed by atoms with Gasteiger partial charge in [0.15, 0.2) is 0 Å². The quantitative estimate of drug-likeness (QED) is 0.777. The fraction of sp³-hybridized carbons (Fsp3) is 0.545. The summed E-state index contributed by atoms with van der Waals surface area (Å²) in [5.74, 6) is 0.413. The van der Waals surface area contributed by atoms with Gasteiger partial charge in [-0.05, 0) is 30.9 Å². The van der Waals surface area contributed by atoms with Crippen molar-refractivity contribution in [2.45, 2.75) is 24.7 Å². The van der Waals surface area contributed by atoms with Crippen LogP contribution in [0.2, 0.25) is 5.15 Å². The lowest BCUT2D eigenvalue weighted by Crippen LogP contribution is -2.39. The Morgan fingerprint density at radius 1 is 1.53 bits per heavy atom. The summed E-state index contributed by atoms with van der Waals surface area (Å²) < 4.78 is 26.2. The fourth-order valence-electron chi connectivity index (χ4n) is 2.06. The molecule has 1 atom stereocenters. The van der Waals surface area contributed by atoms with Crippen molar-refractivity contribution in [3.63, 3.8) is 0 Å². The van der Waals surface area contributed by atoms with Crippen molar-refractivity contribution >= 4 is 21.6 Å². The summed E-state index contributed by atoms with van der Waals surface area (Å²) in [5, 5.41) is 0.205. The van der Waals surface area contributed by atoms with E-state index in [0.717, 1.165) is 12.8 Å². The number of halogens is 1. The molecule has 2 rings (SSSR count). The molecule has 0 saturated carbocycles. The van der Waals surface area contributed by atoms with Crippen molar-refractivity contribution in [3.8, 4) is 0 Å². The van der Waals surface area contributed by atoms with E-state index in [1.54, 1.807) is 0 Å². The van der Waals surface area contributed by atoms with Crippen LogP contribution in [0.15, 0.2) is 23.2 Å². The highest BCUT2D eigenvalue weighted by Gasteiger charge is 2.28. The molecule has 1 unspecified atom stereocenters. The molecule has 0 radical (unpaired) electrons. The molecule has 2 heterocycles. The third-order valence-corrected chi connectivity index (χ3v) is 5.02. The van der Waals surface area contributed by atoms with Crippen LogP contribution >= 0.6 is 11.6 Å². The number of aromatic nitrogens is 1. The molecule has 94 valence electrons. The molecule has 0 spiro atoms. The van der Waals surface area contributed by atoms with E-state index in [4.69, 9.17) is 11.6 Å². The summed E-state index contributed by atoms with van der Waals surface area (Å²) in [6.07, 6.45) is 3.42. The lowest BCUT2D eigenvalue weighted by molar-refractivity contribution is 0.281. The Balaban J connectivity index is 2.29. The Morgan fingerprint density at radius 2 is 2.29 bits per heavy atom. The van der Waals surface area contributed by atoms with Crippen molar-refractivity contribution in [2.24, 2.45) is 5.92 Å². The zero-order valence-electron chi connectivity index (χ0n) is 9.63. The normalized spacial score (nSPS) is 22.6. The SMILES string of the molecule is CC1CCCN(S(=O)(=O)c2ccnc(Cl)c2)C1. The molecule has 4 nitrogen and oxygen atoms in total. The maximum Gasteiger partial charge on any atom is 0.243 e. The van der Waals surface area contributed by atoms with Gasteiger partial charge in [0.1, 0.15) is 5.15 Å². The molecule has 17 heavy (non-hydrogen) atoms. The van der Waals surface area contributed by atoms with Gasteiger partial charge in [-0.3, -0.25) is 0 Å². The number of piperidine rings is 1. The van der Waals surface area contributed by atoms with Crippen LogP contribution in [0.4, 0.5) is 0 Å². The van der Waals surface area contributed by atoms with E-state index in [1.807, 2.05) is 0 Å². The highest BCUT2D eigenvalue weighted by atomic mass is 35.5. The lowest BCUT2D eigenvalue weighted by Gasteiger charge is -2.29. The summed E-state index contributed by atoms with van der Waals surface area (Å²) in [4.78, 5) is 4.02. The van der Waals surface area contributed by atoms with Crippen molar-refractivity contribution in [1.82, 2.24) is 9.29 Å². The van der Waals surface area contributed by atoms with Gasteiger partial charge in [-0.2, -0.15) is 4.31 Å². The average Bonchev–Trinajstić information content (AvgIpc) is 2.29. The van der Waals surface area contributed by atoms with E-state index in [9.17, 15) is 8.42 Å². The summed E-state index contributed by atoms with van der Waals surface area (Å²) in [5.41, 5.74) is 0. The second-order valence-corrected chi connectivity index (χ2v) is 6.75. The maximum atomic E-state index is 12.3. The zero-order chi connectivity index (χ0) is 12.5. The van der Waals surface area contributed by atoms with Gasteiger partial charge in [0.2, 0.25) is 10.0 Å². The summed E-state index contributed by atoms with van der Waals surface area (Å²) >= 11 is 5.72. The number of rotatable bonds is 2. The minimum Gasteiger partial charge on any atom is -0.244 e. The predicted octanol–water partition coefficient (Wildman–Crippen LogP) is 2.16. The first-order valence-electron chi connectivity index (χ1n) is 5.62. The van der Waals surface area contributed by atoms with Gasteiger partial charge in [-0.25, -0.2) is 13.4 Å². The highest BCUT2D eigenvalue weighted by Crippen LogP contribution is 2.24. The number of sulfonamides is 1. The third-order valence-electron chi connectivity index (χ3n) is 2.96. The van der Waals surface area contributed by atoms with Crippen LogP contribution in [-0.4, -0.2) is 30.8 Å².